The smallest absolute Gasteiger partial charge is 0.345 e. The topological polar surface area (TPSA) is 35.5 Å². The van der Waals surface area contributed by atoms with Crippen molar-refractivity contribution >= 4 is 30.1 Å². The second-order valence-corrected chi connectivity index (χ2v) is 3.59. The van der Waals surface area contributed by atoms with Gasteiger partial charge in [-0.15, -0.1) is 0 Å². The summed E-state index contributed by atoms with van der Waals surface area (Å²) >= 11 is 2.26. The van der Waals surface area contributed by atoms with Crippen LogP contribution in [0.1, 0.15) is 6.92 Å². The lowest BCUT2D eigenvalue weighted by molar-refractivity contribution is -0.128. The maximum atomic E-state index is 10.7. The quantitative estimate of drug-likeness (QED) is 0.289. The van der Waals surface area contributed by atoms with Gasteiger partial charge >= 0.3 is 5.97 Å². The van der Waals surface area contributed by atoms with E-state index in [9.17, 15) is 4.79 Å². The fraction of sp³-hybridized carbons (Fsp3) is 0.500. The Morgan fingerprint density at radius 1 is 1.55 bits per heavy atom. The van der Waals surface area contributed by atoms with Gasteiger partial charge in [-0.2, -0.15) is 0 Å². The molecule has 0 spiro atoms. The van der Waals surface area contributed by atoms with Gasteiger partial charge in [0.1, 0.15) is 5.08 Å². The molecule has 0 atom stereocenters. The second-order valence-electron chi connectivity index (χ2n) is 1.67. The molecule has 0 aliphatic carbocycles. The van der Waals surface area contributed by atoms with Crippen molar-refractivity contribution in [1.82, 2.24) is 0 Å². The van der Waals surface area contributed by atoms with Gasteiger partial charge in [-0.3, -0.25) is 0 Å². The van der Waals surface area contributed by atoms with Crippen molar-refractivity contribution in [2.45, 2.75) is 6.92 Å². The Kier molecular flexibility index (Phi) is 6.49. The van der Waals surface area contributed by atoms with Crippen molar-refractivity contribution < 1.29 is 13.2 Å². The molecule has 0 radical (unpaired) electrons. The first-order valence-corrected chi connectivity index (χ1v) is 4.65. The van der Waals surface area contributed by atoms with Crippen LogP contribution in [0.3, 0.4) is 0 Å². The molecule has 0 heterocycles. The Hall–Kier alpha value is -0.130. The largest absolute Gasteiger partial charge is 0.387 e. The summed E-state index contributed by atoms with van der Waals surface area (Å²) in [6, 6.07) is 0. The molecule has 0 aliphatic heterocycles. The van der Waals surface area contributed by atoms with Crippen LogP contribution in [0.4, 0.5) is 0 Å². The van der Waals surface area contributed by atoms with E-state index in [2.05, 4.69) is 14.9 Å². The zero-order chi connectivity index (χ0) is 8.69. The van der Waals surface area contributed by atoms with Crippen LogP contribution in [0.25, 0.3) is 0 Å². The second kappa shape index (κ2) is 6.57. The first kappa shape index (κ1) is 10.9. The van der Waals surface area contributed by atoms with Gasteiger partial charge in [-0.1, -0.05) is 6.58 Å². The van der Waals surface area contributed by atoms with Crippen molar-refractivity contribution in [3.8, 4) is 0 Å². The molecular formula is C6H10O3S2. The van der Waals surface area contributed by atoms with Crippen LogP contribution in [0.5, 0.6) is 0 Å². The standard InChI is InChI=1S/C6H10O3S2/c1-5(2)6(7)9-11-4-10-8-3/h1,4H2,2-3H3. The molecule has 0 fully saturated rings. The van der Waals surface area contributed by atoms with Crippen molar-refractivity contribution in [3.63, 3.8) is 0 Å². The molecule has 0 amide bonds. The number of carbonyl (C=O) groups excluding carboxylic acids is 1. The van der Waals surface area contributed by atoms with E-state index in [0.29, 0.717) is 10.7 Å². The summed E-state index contributed by atoms with van der Waals surface area (Å²) < 4.78 is 9.35. The van der Waals surface area contributed by atoms with Gasteiger partial charge in [0.05, 0.1) is 19.2 Å². The first-order chi connectivity index (χ1) is 5.18. The average Bonchev–Trinajstić information content (AvgIpc) is 1.97. The minimum atomic E-state index is -0.383. The highest BCUT2D eigenvalue weighted by atomic mass is 32.2. The van der Waals surface area contributed by atoms with E-state index < -0.39 is 0 Å². The zero-order valence-electron chi connectivity index (χ0n) is 6.46. The van der Waals surface area contributed by atoms with E-state index in [1.807, 2.05) is 0 Å². The Labute approximate surface area is 74.9 Å². The Morgan fingerprint density at radius 2 is 2.18 bits per heavy atom. The summed E-state index contributed by atoms with van der Waals surface area (Å²) in [5, 5.41) is 0.565. The molecule has 3 nitrogen and oxygen atoms in total. The molecule has 5 heteroatoms. The average molecular weight is 194 g/mol. The van der Waals surface area contributed by atoms with E-state index in [1.54, 1.807) is 14.0 Å². The molecule has 0 N–H and O–H groups in total. The minimum absolute atomic E-state index is 0.383. The highest BCUT2D eigenvalue weighted by molar-refractivity contribution is 8.11. The SMILES string of the molecule is C=C(C)C(=O)OSCSOC. The fourth-order valence-electron chi connectivity index (χ4n) is 0.216. The maximum absolute atomic E-state index is 10.7. The van der Waals surface area contributed by atoms with Crippen LogP contribution in [-0.2, 0) is 13.2 Å². The molecule has 11 heavy (non-hydrogen) atoms. The summed E-state index contributed by atoms with van der Waals surface area (Å²) in [5.41, 5.74) is 0.403. The van der Waals surface area contributed by atoms with E-state index in [4.69, 9.17) is 0 Å². The van der Waals surface area contributed by atoms with E-state index >= 15 is 0 Å². The predicted molar refractivity (Wildman–Crippen MR) is 48.0 cm³/mol. The van der Waals surface area contributed by atoms with Crippen LogP contribution >= 0.6 is 24.1 Å². The van der Waals surface area contributed by atoms with E-state index in [1.165, 1.54) is 12.0 Å². The van der Waals surface area contributed by atoms with Gasteiger partial charge in [0.15, 0.2) is 0 Å². The summed E-state index contributed by atoms with van der Waals surface area (Å²) in [7, 11) is 1.56. The maximum Gasteiger partial charge on any atom is 0.345 e. The third-order valence-electron chi connectivity index (χ3n) is 0.697. The lowest BCUT2D eigenvalue weighted by Crippen LogP contribution is -1.98. The van der Waals surface area contributed by atoms with Crippen molar-refractivity contribution in [3.05, 3.63) is 12.2 Å². The third kappa shape index (κ3) is 6.28. The number of carbonyl (C=O) groups is 1. The molecule has 0 saturated carbocycles. The highest BCUT2D eigenvalue weighted by Crippen LogP contribution is 2.14. The lowest BCUT2D eigenvalue weighted by Gasteiger charge is -1.99. The van der Waals surface area contributed by atoms with E-state index in [-0.39, 0.29) is 5.97 Å². The minimum Gasteiger partial charge on any atom is -0.387 e. The molecule has 0 aromatic rings. The van der Waals surface area contributed by atoms with Crippen molar-refractivity contribution in [2.75, 3.05) is 12.2 Å². The van der Waals surface area contributed by atoms with Crippen molar-refractivity contribution in [1.29, 1.82) is 0 Å². The number of hydrogen-bond donors (Lipinski definition) is 0. The van der Waals surface area contributed by atoms with Gasteiger partial charge in [-0.25, -0.2) is 4.79 Å². The van der Waals surface area contributed by atoms with Crippen LogP contribution in [0, 0.1) is 0 Å². The van der Waals surface area contributed by atoms with E-state index in [0.717, 1.165) is 12.0 Å². The van der Waals surface area contributed by atoms with Crippen LogP contribution < -0.4 is 0 Å². The first-order valence-electron chi connectivity index (χ1n) is 2.83. The number of rotatable bonds is 5. The monoisotopic (exact) mass is 194 g/mol. The summed E-state index contributed by atoms with van der Waals surface area (Å²) in [6.45, 7) is 5.03. The molecule has 0 rings (SSSR count). The number of hydrogen-bond acceptors (Lipinski definition) is 5. The lowest BCUT2D eigenvalue weighted by atomic mass is 10.4. The van der Waals surface area contributed by atoms with Gasteiger partial charge in [0, 0.05) is 17.6 Å². The Morgan fingerprint density at radius 3 is 2.64 bits per heavy atom. The summed E-state index contributed by atoms with van der Waals surface area (Å²) in [4.78, 5) is 10.7. The van der Waals surface area contributed by atoms with Crippen molar-refractivity contribution in [2.24, 2.45) is 0 Å². The van der Waals surface area contributed by atoms with Crippen LogP contribution in [0.15, 0.2) is 12.2 Å². The molecule has 0 saturated heterocycles. The van der Waals surface area contributed by atoms with Crippen LogP contribution in [-0.4, -0.2) is 18.2 Å². The predicted octanol–water partition coefficient (Wildman–Crippen LogP) is 2.01. The fourth-order valence-corrected chi connectivity index (χ4v) is 1.20. The molecular weight excluding hydrogens is 184 g/mol. The molecule has 64 valence electrons. The van der Waals surface area contributed by atoms with Crippen LogP contribution in [0.2, 0.25) is 0 Å². The molecule has 0 bridgehead atoms. The third-order valence-corrected chi connectivity index (χ3v) is 1.97. The molecule has 0 aliphatic rings. The normalized spacial score (nSPS) is 9.27. The Bertz CT molecular complexity index is 147. The highest BCUT2D eigenvalue weighted by Gasteiger charge is 2.02. The summed E-state index contributed by atoms with van der Waals surface area (Å²) in [5.74, 6) is -0.383. The Balaban J connectivity index is 3.25. The molecule has 0 unspecified atom stereocenters. The van der Waals surface area contributed by atoms with Gasteiger partial charge in [0.2, 0.25) is 0 Å². The zero-order valence-corrected chi connectivity index (χ0v) is 8.09. The van der Waals surface area contributed by atoms with Gasteiger partial charge < -0.3 is 8.37 Å². The molecule has 0 aromatic carbocycles. The summed E-state index contributed by atoms with van der Waals surface area (Å²) in [6.07, 6.45) is 0. The van der Waals surface area contributed by atoms with Gasteiger partial charge in [-0.05, 0) is 6.92 Å². The molecule has 0 aromatic heterocycles. The van der Waals surface area contributed by atoms with Gasteiger partial charge in [0.25, 0.3) is 0 Å².